The van der Waals surface area contributed by atoms with Gasteiger partial charge in [0.2, 0.25) is 0 Å². The number of hydrogen-bond donors (Lipinski definition) is 0. The fraction of sp³-hybridized carbons (Fsp3) is 0.222. The highest BCUT2D eigenvalue weighted by atomic mass is 35.5. The molecule has 13 heavy (non-hydrogen) atoms. The van der Waals surface area contributed by atoms with Crippen LogP contribution >= 0.6 is 23.2 Å². The summed E-state index contributed by atoms with van der Waals surface area (Å²) < 4.78 is 4.96. The third kappa shape index (κ3) is 2.36. The number of alkyl halides is 1. The molecule has 0 saturated carbocycles. The Kier molecular flexibility index (Phi) is 3.58. The molecule has 0 heterocycles. The van der Waals surface area contributed by atoms with Crippen LogP contribution in [0, 0.1) is 0 Å². The Balaban J connectivity index is 3.18. The summed E-state index contributed by atoms with van der Waals surface area (Å²) in [5.74, 6) is 0.815. The summed E-state index contributed by atoms with van der Waals surface area (Å²) >= 11 is 11.0. The van der Waals surface area contributed by atoms with Crippen molar-refractivity contribution in [3.63, 3.8) is 0 Å². The zero-order valence-corrected chi connectivity index (χ0v) is 8.52. The molecule has 0 fully saturated rings. The van der Waals surface area contributed by atoms with Gasteiger partial charge in [0.25, 0.3) is 5.24 Å². The van der Waals surface area contributed by atoms with E-state index >= 15 is 0 Å². The third-order valence-corrected chi connectivity index (χ3v) is 2.14. The molecule has 0 aliphatic carbocycles. The molecule has 1 aromatic carbocycles. The summed E-state index contributed by atoms with van der Waals surface area (Å²) in [6.07, 6.45) is 0. The number of ether oxygens (including phenoxy) is 1. The maximum Gasteiger partial charge on any atom is 0.256 e. The standard InChI is InChI=1S/C9H8Cl2O2/c1-13-8-3-2-6(5-10)4-7(8)9(11)12/h2-4H,5H2,1H3. The van der Waals surface area contributed by atoms with Crippen LogP contribution in [0.25, 0.3) is 0 Å². The second kappa shape index (κ2) is 4.49. The first kappa shape index (κ1) is 10.4. The minimum atomic E-state index is -0.538. The van der Waals surface area contributed by atoms with Crippen LogP contribution in [0.1, 0.15) is 15.9 Å². The zero-order chi connectivity index (χ0) is 9.84. The van der Waals surface area contributed by atoms with Crippen molar-refractivity contribution in [1.29, 1.82) is 0 Å². The van der Waals surface area contributed by atoms with Gasteiger partial charge in [-0.25, -0.2) is 0 Å². The zero-order valence-electron chi connectivity index (χ0n) is 7.01. The van der Waals surface area contributed by atoms with E-state index in [0.29, 0.717) is 17.2 Å². The van der Waals surface area contributed by atoms with Gasteiger partial charge in [-0.3, -0.25) is 4.79 Å². The molecule has 1 aromatic rings. The van der Waals surface area contributed by atoms with E-state index < -0.39 is 5.24 Å². The molecular formula is C9H8Cl2O2. The van der Waals surface area contributed by atoms with E-state index in [2.05, 4.69) is 0 Å². The molecule has 4 heteroatoms. The summed E-state index contributed by atoms with van der Waals surface area (Å²) in [7, 11) is 1.49. The van der Waals surface area contributed by atoms with Crippen molar-refractivity contribution >= 4 is 28.4 Å². The monoisotopic (exact) mass is 218 g/mol. The van der Waals surface area contributed by atoms with E-state index in [-0.39, 0.29) is 0 Å². The SMILES string of the molecule is COc1ccc(CCl)cc1C(=O)Cl. The topological polar surface area (TPSA) is 26.3 Å². The fourth-order valence-corrected chi connectivity index (χ4v) is 1.31. The summed E-state index contributed by atoms with van der Waals surface area (Å²) in [4.78, 5) is 10.9. The highest BCUT2D eigenvalue weighted by Crippen LogP contribution is 2.22. The predicted octanol–water partition coefficient (Wildman–Crippen LogP) is 2.81. The quantitative estimate of drug-likeness (QED) is 0.577. The van der Waals surface area contributed by atoms with E-state index in [0.717, 1.165) is 5.56 Å². The molecule has 1 rings (SSSR count). The highest BCUT2D eigenvalue weighted by molar-refractivity contribution is 6.68. The lowest BCUT2D eigenvalue weighted by Crippen LogP contribution is -1.96. The van der Waals surface area contributed by atoms with Crippen LogP contribution in [0.2, 0.25) is 0 Å². The van der Waals surface area contributed by atoms with Crippen molar-refractivity contribution in [2.45, 2.75) is 5.88 Å². The van der Waals surface area contributed by atoms with Crippen molar-refractivity contribution in [1.82, 2.24) is 0 Å². The molecule has 0 unspecified atom stereocenters. The number of rotatable bonds is 3. The van der Waals surface area contributed by atoms with Gasteiger partial charge in [0.15, 0.2) is 0 Å². The van der Waals surface area contributed by atoms with E-state index in [9.17, 15) is 4.79 Å². The second-order valence-electron chi connectivity index (χ2n) is 2.44. The van der Waals surface area contributed by atoms with Gasteiger partial charge in [0, 0.05) is 5.88 Å². The molecule has 0 amide bonds. The van der Waals surface area contributed by atoms with Gasteiger partial charge in [0.1, 0.15) is 5.75 Å². The molecule has 0 saturated heterocycles. The van der Waals surface area contributed by atoms with Gasteiger partial charge in [-0.15, -0.1) is 11.6 Å². The van der Waals surface area contributed by atoms with E-state index in [4.69, 9.17) is 27.9 Å². The lowest BCUT2D eigenvalue weighted by atomic mass is 10.1. The first-order chi connectivity index (χ1) is 6.19. The molecule has 70 valence electrons. The molecule has 0 aliphatic heterocycles. The van der Waals surface area contributed by atoms with Crippen LogP contribution in [0.4, 0.5) is 0 Å². The first-order valence-corrected chi connectivity index (χ1v) is 4.53. The fourth-order valence-electron chi connectivity index (χ4n) is 0.992. The Morgan fingerprint density at radius 2 is 2.23 bits per heavy atom. The average molecular weight is 219 g/mol. The Labute approximate surface area is 86.4 Å². The second-order valence-corrected chi connectivity index (χ2v) is 3.05. The molecule has 0 spiro atoms. The minimum Gasteiger partial charge on any atom is -0.496 e. The molecule has 0 aromatic heterocycles. The Morgan fingerprint density at radius 1 is 1.54 bits per heavy atom. The van der Waals surface area contributed by atoms with Crippen molar-refractivity contribution in [3.8, 4) is 5.75 Å². The molecule has 0 bridgehead atoms. The van der Waals surface area contributed by atoms with Crippen molar-refractivity contribution < 1.29 is 9.53 Å². The molecule has 0 atom stereocenters. The predicted molar refractivity (Wildman–Crippen MR) is 52.7 cm³/mol. The van der Waals surface area contributed by atoms with Crippen molar-refractivity contribution in [2.75, 3.05) is 7.11 Å². The maximum atomic E-state index is 10.9. The van der Waals surface area contributed by atoms with Gasteiger partial charge in [0.05, 0.1) is 12.7 Å². The van der Waals surface area contributed by atoms with Crippen LogP contribution in [-0.2, 0) is 5.88 Å². The minimum absolute atomic E-state index is 0.348. The summed E-state index contributed by atoms with van der Waals surface area (Å²) in [5.41, 5.74) is 1.19. The molecular weight excluding hydrogens is 211 g/mol. The Bertz CT molecular complexity index is 323. The van der Waals surface area contributed by atoms with Crippen molar-refractivity contribution in [2.24, 2.45) is 0 Å². The Hall–Kier alpha value is -0.730. The van der Waals surface area contributed by atoms with Crippen LogP contribution in [0.3, 0.4) is 0 Å². The first-order valence-electron chi connectivity index (χ1n) is 3.61. The Morgan fingerprint density at radius 3 is 2.69 bits per heavy atom. The van der Waals surface area contributed by atoms with E-state index in [1.54, 1.807) is 18.2 Å². The third-order valence-electron chi connectivity index (χ3n) is 1.63. The maximum absolute atomic E-state index is 10.9. The summed E-state index contributed by atoms with van der Waals surface area (Å²) in [6, 6.07) is 5.09. The normalized spacial score (nSPS) is 9.77. The molecule has 0 aliphatic rings. The van der Waals surface area contributed by atoms with Crippen LogP contribution in [-0.4, -0.2) is 12.4 Å². The van der Waals surface area contributed by atoms with E-state index in [1.807, 2.05) is 0 Å². The van der Waals surface area contributed by atoms with Crippen molar-refractivity contribution in [3.05, 3.63) is 29.3 Å². The number of hydrogen-bond acceptors (Lipinski definition) is 2. The van der Waals surface area contributed by atoms with Gasteiger partial charge >= 0.3 is 0 Å². The van der Waals surface area contributed by atoms with Gasteiger partial charge in [-0.2, -0.15) is 0 Å². The number of carbonyl (C=O) groups excluding carboxylic acids is 1. The lowest BCUT2D eigenvalue weighted by molar-refractivity contribution is 0.107. The van der Waals surface area contributed by atoms with E-state index in [1.165, 1.54) is 7.11 Å². The molecule has 0 radical (unpaired) electrons. The number of halogens is 2. The van der Waals surface area contributed by atoms with Gasteiger partial charge in [-0.1, -0.05) is 6.07 Å². The lowest BCUT2D eigenvalue weighted by Gasteiger charge is -2.05. The van der Waals surface area contributed by atoms with Gasteiger partial charge < -0.3 is 4.74 Å². The summed E-state index contributed by atoms with van der Waals surface area (Å²) in [5, 5.41) is -0.538. The molecule has 2 nitrogen and oxygen atoms in total. The summed E-state index contributed by atoms with van der Waals surface area (Å²) in [6.45, 7) is 0. The average Bonchev–Trinajstić information content (AvgIpc) is 2.16. The highest BCUT2D eigenvalue weighted by Gasteiger charge is 2.09. The van der Waals surface area contributed by atoms with Crippen LogP contribution < -0.4 is 4.74 Å². The number of methoxy groups -OCH3 is 1. The largest absolute Gasteiger partial charge is 0.496 e. The smallest absolute Gasteiger partial charge is 0.256 e. The van der Waals surface area contributed by atoms with Gasteiger partial charge in [-0.05, 0) is 29.3 Å². The number of carbonyl (C=O) groups is 1. The number of benzene rings is 1. The molecule has 0 N–H and O–H groups in total. The van der Waals surface area contributed by atoms with Crippen LogP contribution in [0.5, 0.6) is 5.75 Å². The van der Waals surface area contributed by atoms with Crippen LogP contribution in [0.15, 0.2) is 18.2 Å².